The van der Waals surface area contributed by atoms with Crippen molar-refractivity contribution in [1.29, 1.82) is 0 Å². The molecule has 1 amide bonds. The van der Waals surface area contributed by atoms with Gasteiger partial charge in [-0.25, -0.2) is 4.79 Å². The molecule has 164 valence electrons. The van der Waals surface area contributed by atoms with Gasteiger partial charge >= 0.3 is 5.97 Å². The van der Waals surface area contributed by atoms with Crippen molar-refractivity contribution >= 4 is 11.9 Å². The molecule has 0 aromatic heterocycles. The minimum atomic E-state index is -0.365. The van der Waals surface area contributed by atoms with E-state index in [-0.39, 0.29) is 17.9 Å². The normalized spacial score (nSPS) is 15.6. The molecule has 1 aliphatic rings. The quantitative estimate of drug-likeness (QED) is 0.582. The molecule has 32 heavy (non-hydrogen) atoms. The molecule has 0 saturated heterocycles. The maximum absolute atomic E-state index is 13.2. The van der Waals surface area contributed by atoms with E-state index in [1.807, 2.05) is 24.3 Å². The predicted octanol–water partition coefficient (Wildman–Crippen LogP) is 3.76. The maximum atomic E-state index is 13.2. The smallest absolute Gasteiger partial charge is 0.337 e. The highest BCUT2D eigenvalue weighted by Crippen LogP contribution is 2.24. The van der Waals surface area contributed by atoms with Gasteiger partial charge in [0.2, 0.25) is 5.91 Å². The van der Waals surface area contributed by atoms with Crippen LogP contribution in [0.3, 0.4) is 0 Å². The Morgan fingerprint density at radius 1 is 0.906 bits per heavy atom. The summed E-state index contributed by atoms with van der Waals surface area (Å²) in [7, 11) is 1.36. The molecule has 5 heteroatoms. The lowest BCUT2D eigenvalue weighted by Crippen LogP contribution is -2.50. The van der Waals surface area contributed by atoms with E-state index in [9.17, 15) is 9.59 Å². The summed E-state index contributed by atoms with van der Waals surface area (Å²) in [5.74, 6) is -0.333. The molecule has 0 aliphatic carbocycles. The van der Waals surface area contributed by atoms with Gasteiger partial charge in [-0.15, -0.1) is 0 Å². The maximum Gasteiger partial charge on any atom is 0.337 e. The summed E-state index contributed by atoms with van der Waals surface area (Å²) in [5, 5.41) is 3.09. The molecule has 1 aliphatic heterocycles. The Morgan fingerprint density at radius 3 is 2.31 bits per heavy atom. The number of ether oxygens (including phenoxy) is 1. The molecular weight excluding hydrogens is 400 g/mol. The van der Waals surface area contributed by atoms with Crippen LogP contribution in [0.1, 0.15) is 32.6 Å². The highest BCUT2D eigenvalue weighted by atomic mass is 16.5. The third kappa shape index (κ3) is 5.24. The second-order valence-electron chi connectivity index (χ2n) is 8.10. The van der Waals surface area contributed by atoms with Crippen molar-refractivity contribution in [2.45, 2.75) is 32.0 Å². The number of hydrogen-bond donors (Lipinski definition) is 1. The highest BCUT2D eigenvalue weighted by Gasteiger charge is 2.31. The van der Waals surface area contributed by atoms with Crippen molar-refractivity contribution < 1.29 is 14.3 Å². The first-order chi connectivity index (χ1) is 15.6. The highest BCUT2D eigenvalue weighted by molar-refractivity contribution is 5.89. The second-order valence-corrected chi connectivity index (χ2v) is 8.10. The van der Waals surface area contributed by atoms with Crippen LogP contribution in [0, 0.1) is 0 Å². The van der Waals surface area contributed by atoms with Gasteiger partial charge in [-0.2, -0.15) is 0 Å². The van der Waals surface area contributed by atoms with Gasteiger partial charge in [-0.3, -0.25) is 9.69 Å². The van der Waals surface area contributed by atoms with Crippen molar-refractivity contribution in [2.75, 3.05) is 13.7 Å². The molecule has 4 rings (SSSR count). The Bertz CT molecular complexity index is 1060. The third-order valence-electron chi connectivity index (χ3n) is 6.02. The van der Waals surface area contributed by atoms with Crippen LogP contribution in [0.2, 0.25) is 0 Å². The predicted molar refractivity (Wildman–Crippen MR) is 124 cm³/mol. The van der Waals surface area contributed by atoms with Crippen molar-refractivity contribution in [3.05, 3.63) is 107 Å². The lowest BCUT2D eigenvalue weighted by Gasteiger charge is -2.36. The molecule has 5 nitrogen and oxygen atoms in total. The van der Waals surface area contributed by atoms with Crippen molar-refractivity contribution in [3.8, 4) is 0 Å². The number of esters is 1. The molecule has 1 heterocycles. The standard InChI is InChI=1S/C27H28N2O3/c1-32-27(31)22-13-11-21(12-14-22)18-28-26(30)25-17-23-9-5-6-10-24(23)19-29(25)16-15-20-7-3-2-4-8-20/h2-14,25H,15-19H2,1H3,(H,28,30). The lowest BCUT2D eigenvalue weighted by atomic mass is 9.93. The van der Waals surface area contributed by atoms with E-state index >= 15 is 0 Å². The molecule has 0 radical (unpaired) electrons. The summed E-state index contributed by atoms with van der Waals surface area (Å²) in [6.07, 6.45) is 1.61. The van der Waals surface area contributed by atoms with Gasteiger partial charge < -0.3 is 10.1 Å². The summed E-state index contributed by atoms with van der Waals surface area (Å²) >= 11 is 0. The number of carbonyl (C=O) groups is 2. The fraction of sp³-hybridized carbons (Fsp3) is 0.259. The Labute approximate surface area is 189 Å². The first kappa shape index (κ1) is 21.8. The van der Waals surface area contributed by atoms with E-state index in [4.69, 9.17) is 4.74 Å². The molecule has 0 fully saturated rings. The summed E-state index contributed by atoms with van der Waals surface area (Å²) in [6.45, 7) is 2.02. The number of fused-ring (bicyclic) bond motifs is 1. The van der Waals surface area contributed by atoms with Crippen molar-refractivity contribution in [3.63, 3.8) is 0 Å². The number of carbonyl (C=O) groups excluding carboxylic acids is 2. The SMILES string of the molecule is COC(=O)c1ccc(CNC(=O)C2Cc3ccccc3CN2CCc2ccccc2)cc1. The van der Waals surface area contributed by atoms with Gasteiger partial charge in [-0.1, -0.05) is 66.7 Å². The van der Waals surface area contributed by atoms with Crippen LogP contribution in [0.15, 0.2) is 78.9 Å². The van der Waals surface area contributed by atoms with E-state index in [2.05, 4.69) is 52.7 Å². The summed E-state index contributed by atoms with van der Waals surface area (Å²) < 4.78 is 4.73. The molecule has 0 spiro atoms. The molecule has 1 unspecified atom stereocenters. The molecule has 3 aromatic carbocycles. The fourth-order valence-corrected chi connectivity index (χ4v) is 4.17. The zero-order valence-corrected chi connectivity index (χ0v) is 18.3. The topological polar surface area (TPSA) is 58.6 Å². The van der Waals surface area contributed by atoms with Crippen LogP contribution in [-0.4, -0.2) is 36.5 Å². The number of hydrogen-bond acceptors (Lipinski definition) is 4. The number of methoxy groups -OCH3 is 1. The lowest BCUT2D eigenvalue weighted by molar-refractivity contribution is -0.127. The van der Waals surface area contributed by atoms with Gasteiger partial charge in [0, 0.05) is 19.6 Å². The minimum absolute atomic E-state index is 0.0320. The monoisotopic (exact) mass is 428 g/mol. The molecule has 0 bridgehead atoms. The second kappa shape index (κ2) is 10.2. The summed E-state index contributed by atoms with van der Waals surface area (Å²) in [4.78, 5) is 27.1. The molecule has 1 atom stereocenters. The van der Waals surface area contributed by atoms with Crippen LogP contribution in [0.4, 0.5) is 0 Å². The van der Waals surface area contributed by atoms with Gasteiger partial charge in [0.25, 0.3) is 0 Å². The Hall–Kier alpha value is -3.44. The molecule has 0 saturated carbocycles. The van der Waals surface area contributed by atoms with Crippen molar-refractivity contribution in [2.24, 2.45) is 0 Å². The van der Waals surface area contributed by atoms with Gasteiger partial charge in [0.15, 0.2) is 0 Å². The summed E-state index contributed by atoms with van der Waals surface area (Å²) in [5.41, 5.74) is 5.25. The van der Waals surface area contributed by atoms with Crippen LogP contribution in [0.5, 0.6) is 0 Å². The van der Waals surface area contributed by atoms with Crippen LogP contribution >= 0.6 is 0 Å². The first-order valence-electron chi connectivity index (χ1n) is 10.9. The zero-order chi connectivity index (χ0) is 22.3. The average molecular weight is 429 g/mol. The first-order valence-corrected chi connectivity index (χ1v) is 10.9. The number of nitrogens with zero attached hydrogens (tertiary/aromatic N) is 1. The van der Waals surface area contributed by atoms with E-state index in [1.165, 1.54) is 23.8 Å². The van der Waals surface area contributed by atoms with Gasteiger partial charge in [0.05, 0.1) is 18.7 Å². The van der Waals surface area contributed by atoms with Crippen LogP contribution < -0.4 is 5.32 Å². The molecule has 1 N–H and O–H groups in total. The van der Waals surface area contributed by atoms with E-state index < -0.39 is 0 Å². The largest absolute Gasteiger partial charge is 0.465 e. The number of nitrogens with one attached hydrogen (secondary N) is 1. The number of rotatable bonds is 7. The Morgan fingerprint density at radius 2 is 1.59 bits per heavy atom. The number of amides is 1. The molecule has 3 aromatic rings. The third-order valence-corrected chi connectivity index (χ3v) is 6.02. The average Bonchev–Trinajstić information content (AvgIpc) is 2.86. The van der Waals surface area contributed by atoms with Crippen molar-refractivity contribution in [1.82, 2.24) is 10.2 Å². The summed E-state index contributed by atoms with van der Waals surface area (Å²) in [6, 6.07) is 25.7. The molecular formula is C27H28N2O3. The van der Waals surface area contributed by atoms with E-state index in [0.29, 0.717) is 18.5 Å². The van der Waals surface area contributed by atoms with Gasteiger partial charge in [0.1, 0.15) is 0 Å². The van der Waals surface area contributed by atoms with Gasteiger partial charge in [-0.05, 0) is 47.2 Å². The van der Waals surface area contributed by atoms with E-state index in [0.717, 1.165) is 25.1 Å². The van der Waals surface area contributed by atoms with Crippen LogP contribution in [0.25, 0.3) is 0 Å². The Kier molecular flexibility index (Phi) is 6.97. The van der Waals surface area contributed by atoms with Crippen LogP contribution in [-0.2, 0) is 35.5 Å². The fourth-order valence-electron chi connectivity index (χ4n) is 4.17. The Balaban J connectivity index is 1.43. The number of benzene rings is 3. The zero-order valence-electron chi connectivity index (χ0n) is 18.3. The van der Waals surface area contributed by atoms with E-state index in [1.54, 1.807) is 12.1 Å². The minimum Gasteiger partial charge on any atom is -0.465 e.